The SMILES string of the molecule is COC(=O)c1csc(NCc2ccc(C#N)cc2)n1. The number of carbonyl (C=O) groups excluding carboxylic acids is 1. The van der Waals surface area contributed by atoms with Gasteiger partial charge in [-0.25, -0.2) is 9.78 Å². The van der Waals surface area contributed by atoms with E-state index in [4.69, 9.17) is 5.26 Å². The van der Waals surface area contributed by atoms with Crippen molar-refractivity contribution >= 4 is 22.4 Å². The number of esters is 1. The predicted octanol–water partition coefficient (Wildman–Crippen LogP) is 2.41. The molecule has 0 saturated carbocycles. The fourth-order valence-corrected chi connectivity index (χ4v) is 2.11. The molecule has 0 atom stereocenters. The maximum atomic E-state index is 11.2. The molecule has 0 saturated heterocycles. The highest BCUT2D eigenvalue weighted by Gasteiger charge is 2.10. The zero-order valence-electron chi connectivity index (χ0n) is 10.2. The molecule has 2 aromatic rings. The summed E-state index contributed by atoms with van der Waals surface area (Å²) in [5, 5.41) is 14.1. The van der Waals surface area contributed by atoms with Gasteiger partial charge in [0.05, 0.1) is 18.7 Å². The Morgan fingerprint density at radius 1 is 1.47 bits per heavy atom. The van der Waals surface area contributed by atoms with Crippen LogP contribution < -0.4 is 5.32 Å². The Kier molecular flexibility index (Phi) is 4.11. The van der Waals surface area contributed by atoms with Crippen LogP contribution in [0.2, 0.25) is 0 Å². The average Bonchev–Trinajstić information content (AvgIpc) is 2.93. The molecule has 1 heterocycles. The third-order valence-corrected chi connectivity index (χ3v) is 3.23. The molecular weight excluding hydrogens is 262 g/mol. The van der Waals surface area contributed by atoms with Crippen molar-refractivity contribution in [3.63, 3.8) is 0 Å². The van der Waals surface area contributed by atoms with E-state index in [1.165, 1.54) is 18.4 Å². The Balaban J connectivity index is 1.96. The zero-order valence-corrected chi connectivity index (χ0v) is 11.0. The highest BCUT2D eigenvalue weighted by Crippen LogP contribution is 2.17. The first-order valence-corrected chi connectivity index (χ1v) is 6.37. The molecule has 0 spiro atoms. The van der Waals surface area contributed by atoms with Crippen LogP contribution in [0, 0.1) is 11.3 Å². The molecular formula is C13H11N3O2S. The van der Waals surface area contributed by atoms with E-state index in [1.807, 2.05) is 12.1 Å². The monoisotopic (exact) mass is 273 g/mol. The van der Waals surface area contributed by atoms with Crippen LogP contribution in [0.4, 0.5) is 5.13 Å². The van der Waals surface area contributed by atoms with E-state index >= 15 is 0 Å². The molecule has 0 radical (unpaired) electrons. The minimum atomic E-state index is -0.442. The van der Waals surface area contributed by atoms with Gasteiger partial charge in [-0.05, 0) is 17.7 Å². The number of carbonyl (C=O) groups is 1. The summed E-state index contributed by atoms with van der Waals surface area (Å²) < 4.78 is 4.58. The molecule has 5 nitrogen and oxygen atoms in total. The number of ether oxygens (including phenoxy) is 1. The number of hydrogen-bond acceptors (Lipinski definition) is 6. The van der Waals surface area contributed by atoms with Gasteiger partial charge in [-0.1, -0.05) is 12.1 Å². The molecule has 1 N–H and O–H groups in total. The van der Waals surface area contributed by atoms with Crippen LogP contribution >= 0.6 is 11.3 Å². The number of nitriles is 1. The molecule has 0 aliphatic heterocycles. The van der Waals surface area contributed by atoms with Crippen molar-refractivity contribution in [2.45, 2.75) is 6.54 Å². The first kappa shape index (κ1) is 13.1. The highest BCUT2D eigenvalue weighted by atomic mass is 32.1. The van der Waals surface area contributed by atoms with Crippen molar-refractivity contribution in [3.8, 4) is 6.07 Å². The average molecular weight is 273 g/mol. The maximum absolute atomic E-state index is 11.2. The predicted molar refractivity (Wildman–Crippen MR) is 71.9 cm³/mol. The molecule has 0 unspecified atom stereocenters. The summed E-state index contributed by atoms with van der Waals surface area (Å²) in [6.45, 7) is 0.583. The summed E-state index contributed by atoms with van der Waals surface area (Å²) >= 11 is 1.34. The molecule has 0 aliphatic rings. The van der Waals surface area contributed by atoms with Crippen LogP contribution in [0.15, 0.2) is 29.6 Å². The van der Waals surface area contributed by atoms with E-state index in [1.54, 1.807) is 17.5 Å². The van der Waals surface area contributed by atoms with Gasteiger partial charge in [-0.15, -0.1) is 11.3 Å². The number of anilines is 1. The Bertz CT molecular complexity index is 614. The van der Waals surface area contributed by atoms with Crippen LogP contribution in [0.25, 0.3) is 0 Å². The van der Waals surface area contributed by atoms with Gasteiger partial charge in [-0.2, -0.15) is 5.26 Å². The number of rotatable bonds is 4. The summed E-state index contributed by atoms with van der Waals surface area (Å²) in [6, 6.07) is 9.34. The number of nitrogens with one attached hydrogen (secondary N) is 1. The number of benzene rings is 1. The molecule has 0 amide bonds. The van der Waals surface area contributed by atoms with Gasteiger partial charge in [-0.3, -0.25) is 0 Å². The molecule has 6 heteroatoms. The number of nitrogens with zero attached hydrogens (tertiary/aromatic N) is 2. The summed E-state index contributed by atoms with van der Waals surface area (Å²) in [7, 11) is 1.32. The van der Waals surface area contributed by atoms with Crippen LogP contribution in [0.3, 0.4) is 0 Å². The van der Waals surface area contributed by atoms with Gasteiger partial charge < -0.3 is 10.1 Å². The van der Waals surface area contributed by atoms with Crippen molar-refractivity contribution in [3.05, 3.63) is 46.5 Å². The summed E-state index contributed by atoms with van der Waals surface area (Å²) in [5.41, 5.74) is 1.97. The van der Waals surface area contributed by atoms with E-state index in [2.05, 4.69) is 21.1 Å². The van der Waals surface area contributed by atoms with Crippen molar-refractivity contribution in [1.82, 2.24) is 4.98 Å². The zero-order chi connectivity index (χ0) is 13.7. The third-order valence-electron chi connectivity index (χ3n) is 2.43. The largest absolute Gasteiger partial charge is 0.464 e. The van der Waals surface area contributed by atoms with Crippen molar-refractivity contribution in [2.24, 2.45) is 0 Å². The van der Waals surface area contributed by atoms with Crippen LogP contribution in [0.5, 0.6) is 0 Å². The summed E-state index contributed by atoms with van der Waals surface area (Å²) in [4.78, 5) is 15.3. The minimum Gasteiger partial charge on any atom is -0.464 e. The maximum Gasteiger partial charge on any atom is 0.357 e. The van der Waals surface area contributed by atoms with E-state index < -0.39 is 5.97 Å². The standard InChI is InChI=1S/C13H11N3O2S/c1-18-12(17)11-8-19-13(16-11)15-7-10-4-2-9(6-14)3-5-10/h2-5,8H,7H2,1H3,(H,15,16). The van der Waals surface area contributed by atoms with Crippen molar-refractivity contribution < 1.29 is 9.53 Å². The minimum absolute atomic E-state index is 0.301. The van der Waals surface area contributed by atoms with Crippen molar-refractivity contribution in [1.29, 1.82) is 5.26 Å². The Labute approximate surface area is 114 Å². The first-order chi connectivity index (χ1) is 9.22. The van der Waals surface area contributed by atoms with E-state index in [0.717, 1.165) is 5.56 Å². The van der Waals surface area contributed by atoms with Gasteiger partial charge >= 0.3 is 5.97 Å². The fraction of sp³-hybridized carbons (Fsp3) is 0.154. The van der Waals surface area contributed by atoms with Gasteiger partial charge in [0, 0.05) is 11.9 Å². The lowest BCUT2D eigenvalue weighted by Gasteiger charge is -2.02. The second-order valence-corrected chi connectivity index (χ2v) is 4.55. The molecule has 0 aliphatic carbocycles. The topological polar surface area (TPSA) is 75.0 Å². The molecule has 0 bridgehead atoms. The highest BCUT2D eigenvalue weighted by molar-refractivity contribution is 7.13. The van der Waals surface area contributed by atoms with E-state index in [0.29, 0.717) is 22.9 Å². The van der Waals surface area contributed by atoms with Crippen LogP contribution in [-0.2, 0) is 11.3 Å². The second kappa shape index (κ2) is 5.98. The second-order valence-electron chi connectivity index (χ2n) is 3.69. The van der Waals surface area contributed by atoms with Crippen molar-refractivity contribution in [2.75, 3.05) is 12.4 Å². The lowest BCUT2D eigenvalue weighted by Crippen LogP contribution is -2.03. The molecule has 2 rings (SSSR count). The Hall–Kier alpha value is -2.39. The number of hydrogen-bond donors (Lipinski definition) is 1. The Morgan fingerprint density at radius 2 is 2.21 bits per heavy atom. The fourth-order valence-electron chi connectivity index (χ4n) is 1.43. The van der Waals surface area contributed by atoms with Gasteiger partial charge in [0.1, 0.15) is 0 Å². The van der Waals surface area contributed by atoms with E-state index in [-0.39, 0.29) is 0 Å². The number of aromatic nitrogens is 1. The smallest absolute Gasteiger partial charge is 0.357 e. The molecule has 1 aromatic carbocycles. The molecule has 0 fully saturated rings. The number of thiazole rings is 1. The van der Waals surface area contributed by atoms with Gasteiger partial charge in [0.15, 0.2) is 10.8 Å². The van der Waals surface area contributed by atoms with E-state index in [9.17, 15) is 4.79 Å². The summed E-state index contributed by atoms with van der Waals surface area (Å²) in [6.07, 6.45) is 0. The van der Waals surface area contributed by atoms with Crippen LogP contribution in [-0.4, -0.2) is 18.1 Å². The first-order valence-electron chi connectivity index (χ1n) is 5.49. The normalized spacial score (nSPS) is 9.68. The molecule has 96 valence electrons. The number of methoxy groups -OCH3 is 1. The van der Waals surface area contributed by atoms with Gasteiger partial charge in [0.2, 0.25) is 0 Å². The lowest BCUT2D eigenvalue weighted by atomic mass is 10.1. The molecule has 1 aromatic heterocycles. The van der Waals surface area contributed by atoms with Gasteiger partial charge in [0.25, 0.3) is 0 Å². The van der Waals surface area contributed by atoms with Crippen LogP contribution in [0.1, 0.15) is 21.6 Å². The lowest BCUT2D eigenvalue weighted by molar-refractivity contribution is 0.0595. The third kappa shape index (κ3) is 3.30. The summed E-state index contributed by atoms with van der Waals surface area (Å²) in [5.74, 6) is -0.442. The molecule has 19 heavy (non-hydrogen) atoms. The quantitative estimate of drug-likeness (QED) is 0.866. The Morgan fingerprint density at radius 3 is 2.84 bits per heavy atom.